The summed E-state index contributed by atoms with van der Waals surface area (Å²) in [7, 11) is 0. The molecule has 3 saturated carbocycles. The topological polar surface area (TPSA) is 26.0 Å². The molecule has 5 atom stereocenters. The SMILES string of the molecule is CCCCCCC1(N)CC2CC1C1CCCC21. The van der Waals surface area contributed by atoms with Crippen molar-refractivity contribution < 1.29 is 0 Å². The van der Waals surface area contributed by atoms with E-state index in [1.807, 2.05) is 0 Å². The molecular weight excluding hydrogens is 206 g/mol. The van der Waals surface area contributed by atoms with Crippen LogP contribution in [0.25, 0.3) is 0 Å². The van der Waals surface area contributed by atoms with Crippen LogP contribution in [0, 0.1) is 23.7 Å². The fourth-order valence-corrected chi connectivity index (χ4v) is 5.48. The first-order valence-electron chi connectivity index (χ1n) is 8.03. The highest BCUT2D eigenvalue weighted by Gasteiger charge is 2.58. The predicted molar refractivity (Wildman–Crippen MR) is 72.7 cm³/mol. The zero-order chi connectivity index (χ0) is 11.9. The Balaban J connectivity index is 1.58. The van der Waals surface area contributed by atoms with Crippen molar-refractivity contribution in [2.45, 2.75) is 76.7 Å². The average molecular weight is 235 g/mol. The van der Waals surface area contributed by atoms with Crippen molar-refractivity contribution in [1.82, 2.24) is 0 Å². The summed E-state index contributed by atoms with van der Waals surface area (Å²) < 4.78 is 0. The molecule has 0 spiro atoms. The van der Waals surface area contributed by atoms with Crippen LogP contribution in [0.5, 0.6) is 0 Å². The predicted octanol–water partition coefficient (Wildman–Crippen LogP) is 4.11. The zero-order valence-electron chi connectivity index (χ0n) is 11.5. The van der Waals surface area contributed by atoms with Crippen LogP contribution in [0.3, 0.4) is 0 Å². The zero-order valence-corrected chi connectivity index (χ0v) is 11.5. The minimum absolute atomic E-state index is 0.254. The van der Waals surface area contributed by atoms with Crippen LogP contribution >= 0.6 is 0 Å². The summed E-state index contributed by atoms with van der Waals surface area (Å²) in [6, 6.07) is 0. The molecular formula is C16H29N. The summed E-state index contributed by atoms with van der Waals surface area (Å²) in [5.41, 5.74) is 7.04. The summed E-state index contributed by atoms with van der Waals surface area (Å²) in [5.74, 6) is 4.04. The van der Waals surface area contributed by atoms with Gasteiger partial charge in [0.2, 0.25) is 0 Å². The quantitative estimate of drug-likeness (QED) is 0.713. The second kappa shape index (κ2) is 4.57. The van der Waals surface area contributed by atoms with Gasteiger partial charge in [0.05, 0.1) is 0 Å². The lowest BCUT2D eigenvalue weighted by Crippen LogP contribution is -2.49. The van der Waals surface area contributed by atoms with Crippen LogP contribution in [0.1, 0.15) is 71.1 Å². The van der Waals surface area contributed by atoms with Crippen molar-refractivity contribution in [2.24, 2.45) is 29.4 Å². The van der Waals surface area contributed by atoms with Crippen LogP contribution < -0.4 is 5.73 Å². The van der Waals surface area contributed by atoms with Crippen LogP contribution in [-0.4, -0.2) is 5.54 Å². The second-order valence-corrected chi connectivity index (χ2v) is 7.11. The van der Waals surface area contributed by atoms with Gasteiger partial charge in [0.25, 0.3) is 0 Å². The number of hydrogen-bond acceptors (Lipinski definition) is 1. The monoisotopic (exact) mass is 235 g/mol. The minimum Gasteiger partial charge on any atom is -0.325 e. The van der Waals surface area contributed by atoms with Crippen molar-refractivity contribution in [1.29, 1.82) is 0 Å². The molecule has 0 saturated heterocycles. The molecule has 0 heterocycles. The lowest BCUT2D eigenvalue weighted by atomic mass is 9.69. The Hall–Kier alpha value is -0.0400. The molecule has 0 amide bonds. The van der Waals surface area contributed by atoms with E-state index in [4.69, 9.17) is 5.73 Å². The van der Waals surface area contributed by atoms with Crippen molar-refractivity contribution in [3.05, 3.63) is 0 Å². The van der Waals surface area contributed by atoms with E-state index < -0.39 is 0 Å². The molecule has 0 radical (unpaired) electrons. The van der Waals surface area contributed by atoms with E-state index in [0.29, 0.717) is 0 Å². The van der Waals surface area contributed by atoms with Gasteiger partial charge >= 0.3 is 0 Å². The summed E-state index contributed by atoms with van der Waals surface area (Å²) in [6.45, 7) is 2.29. The first-order chi connectivity index (χ1) is 8.24. The molecule has 2 bridgehead atoms. The van der Waals surface area contributed by atoms with Crippen molar-refractivity contribution >= 4 is 0 Å². The molecule has 98 valence electrons. The number of nitrogens with two attached hydrogens (primary N) is 1. The maximum atomic E-state index is 6.78. The smallest absolute Gasteiger partial charge is 0.0188 e. The van der Waals surface area contributed by atoms with Gasteiger partial charge in [-0.25, -0.2) is 0 Å². The van der Waals surface area contributed by atoms with Gasteiger partial charge in [0, 0.05) is 5.54 Å². The number of rotatable bonds is 5. The molecule has 1 nitrogen and oxygen atoms in total. The van der Waals surface area contributed by atoms with E-state index in [1.54, 1.807) is 0 Å². The second-order valence-electron chi connectivity index (χ2n) is 7.11. The molecule has 0 aromatic carbocycles. The summed E-state index contributed by atoms with van der Waals surface area (Å²) in [6.07, 6.45) is 14.2. The molecule has 1 heteroatoms. The molecule has 2 N–H and O–H groups in total. The van der Waals surface area contributed by atoms with Crippen LogP contribution in [0.2, 0.25) is 0 Å². The third kappa shape index (κ3) is 1.95. The third-order valence-electron chi connectivity index (χ3n) is 6.18. The number of hydrogen-bond donors (Lipinski definition) is 1. The van der Waals surface area contributed by atoms with Gasteiger partial charge in [-0.05, 0) is 55.8 Å². The molecule has 3 aliphatic rings. The summed E-state index contributed by atoms with van der Waals surface area (Å²) in [5, 5.41) is 0. The Morgan fingerprint density at radius 3 is 2.76 bits per heavy atom. The van der Waals surface area contributed by atoms with Gasteiger partial charge in [-0.2, -0.15) is 0 Å². The van der Waals surface area contributed by atoms with Crippen molar-refractivity contribution in [3.8, 4) is 0 Å². The molecule has 0 aliphatic heterocycles. The molecule has 0 aromatic heterocycles. The fourth-order valence-electron chi connectivity index (χ4n) is 5.48. The molecule has 3 fully saturated rings. The maximum Gasteiger partial charge on any atom is 0.0188 e. The third-order valence-corrected chi connectivity index (χ3v) is 6.18. The van der Waals surface area contributed by atoms with E-state index in [-0.39, 0.29) is 5.54 Å². The standard InChI is InChI=1S/C16H29N/c1-2-3-4-5-9-16(17)11-12-10-15(16)14-8-6-7-13(12)14/h12-15H,2-11,17H2,1H3. The fraction of sp³-hybridized carbons (Fsp3) is 1.00. The Kier molecular flexibility index (Phi) is 3.23. The highest BCUT2D eigenvalue weighted by atomic mass is 14.8. The lowest BCUT2D eigenvalue weighted by molar-refractivity contribution is 0.145. The van der Waals surface area contributed by atoms with E-state index in [1.165, 1.54) is 64.2 Å². The van der Waals surface area contributed by atoms with E-state index in [0.717, 1.165) is 23.7 Å². The first-order valence-corrected chi connectivity index (χ1v) is 8.03. The normalized spacial score (nSPS) is 47.6. The number of fused-ring (bicyclic) bond motifs is 5. The molecule has 0 aromatic rings. The Morgan fingerprint density at radius 2 is 1.94 bits per heavy atom. The van der Waals surface area contributed by atoms with Crippen LogP contribution in [0.4, 0.5) is 0 Å². The van der Waals surface area contributed by atoms with Crippen LogP contribution in [0.15, 0.2) is 0 Å². The molecule has 5 unspecified atom stereocenters. The lowest BCUT2D eigenvalue weighted by Gasteiger charge is -2.40. The van der Waals surface area contributed by atoms with Gasteiger partial charge in [0.15, 0.2) is 0 Å². The first kappa shape index (κ1) is 12.0. The Morgan fingerprint density at radius 1 is 1.12 bits per heavy atom. The van der Waals surface area contributed by atoms with Crippen molar-refractivity contribution in [2.75, 3.05) is 0 Å². The van der Waals surface area contributed by atoms with E-state index in [9.17, 15) is 0 Å². The summed E-state index contributed by atoms with van der Waals surface area (Å²) >= 11 is 0. The maximum absolute atomic E-state index is 6.78. The Bertz CT molecular complexity index is 275. The largest absolute Gasteiger partial charge is 0.325 e. The van der Waals surface area contributed by atoms with Crippen molar-refractivity contribution in [3.63, 3.8) is 0 Å². The van der Waals surface area contributed by atoms with Crippen LogP contribution in [-0.2, 0) is 0 Å². The molecule has 17 heavy (non-hydrogen) atoms. The van der Waals surface area contributed by atoms with Gasteiger partial charge < -0.3 is 5.73 Å². The summed E-state index contributed by atoms with van der Waals surface area (Å²) in [4.78, 5) is 0. The minimum atomic E-state index is 0.254. The van der Waals surface area contributed by atoms with Gasteiger partial charge in [0.1, 0.15) is 0 Å². The Labute approximate surface area is 107 Å². The average Bonchev–Trinajstić information content (AvgIpc) is 2.94. The highest BCUT2D eigenvalue weighted by molar-refractivity contribution is 5.12. The van der Waals surface area contributed by atoms with E-state index >= 15 is 0 Å². The molecule has 3 rings (SSSR count). The van der Waals surface area contributed by atoms with E-state index in [2.05, 4.69) is 6.92 Å². The van der Waals surface area contributed by atoms with Gasteiger partial charge in [-0.3, -0.25) is 0 Å². The van der Waals surface area contributed by atoms with Gasteiger partial charge in [-0.15, -0.1) is 0 Å². The van der Waals surface area contributed by atoms with Gasteiger partial charge in [-0.1, -0.05) is 39.0 Å². The highest BCUT2D eigenvalue weighted by Crippen LogP contribution is 2.62. The number of unbranched alkanes of at least 4 members (excludes halogenated alkanes) is 3. The molecule has 3 aliphatic carbocycles.